The van der Waals surface area contributed by atoms with Crippen LogP contribution in [0.4, 0.5) is 14.9 Å². The summed E-state index contributed by atoms with van der Waals surface area (Å²) in [4.78, 5) is 11.9. The van der Waals surface area contributed by atoms with E-state index in [1.54, 1.807) is 19.9 Å². The fourth-order valence-corrected chi connectivity index (χ4v) is 3.26. The third-order valence-electron chi connectivity index (χ3n) is 2.87. The van der Waals surface area contributed by atoms with Gasteiger partial charge in [0.2, 0.25) is 0 Å². The van der Waals surface area contributed by atoms with Crippen molar-refractivity contribution in [2.45, 2.75) is 26.9 Å². The number of carbonyl (C=O) groups is 1. The van der Waals surface area contributed by atoms with E-state index in [1.807, 2.05) is 6.92 Å². The maximum absolute atomic E-state index is 13.4. The molecule has 1 atom stereocenters. The second kappa shape index (κ2) is 6.69. The average Bonchev–Trinajstić information content (AvgIpc) is 2.69. The predicted octanol–water partition coefficient (Wildman–Crippen LogP) is 4.81. The van der Waals surface area contributed by atoms with Crippen molar-refractivity contribution in [3.63, 3.8) is 0 Å². The lowest BCUT2D eigenvalue weighted by Crippen LogP contribution is -2.17. The van der Waals surface area contributed by atoms with Crippen molar-refractivity contribution in [1.29, 1.82) is 0 Å². The Kier molecular flexibility index (Phi) is 5.15. The molecule has 1 aromatic carbocycles. The van der Waals surface area contributed by atoms with Crippen LogP contribution in [0, 0.1) is 22.5 Å². The highest BCUT2D eigenvalue weighted by molar-refractivity contribution is 14.1. The third-order valence-corrected chi connectivity index (χ3v) is 4.73. The molecule has 1 amide bonds. The van der Waals surface area contributed by atoms with Crippen molar-refractivity contribution < 1.29 is 13.9 Å². The van der Waals surface area contributed by atoms with Crippen LogP contribution in [0.3, 0.4) is 0 Å². The fraction of sp³-hybridized carbons (Fsp3) is 0.286. The van der Waals surface area contributed by atoms with Crippen molar-refractivity contribution in [2.24, 2.45) is 0 Å². The summed E-state index contributed by atoms with van der Waals surface area (Å²) in [6.07, 6.45) is -1.12. The van der Waals surface area contributed by atoms with E-state index in [-0.39, 0.29) is 5.82 Å². The van der Waals surface area contributed by atoms with Crippen LogP contribution in [-0.2, 0) is 4.74 Å². The Morgan fingerprint density at radius 3 is 2.71 bits per heavy atom. The molecule has 0 fully saturated rings. The van der Waals surface area contributed by atoms with Gasteiger partial charge in [-0.15, -0.1) is 0 Å². The van der Waals surface area contributed by atoms with Crippen LogP contribution in [0.1, 0.15) is 29.8 Å². The number of aromatic nitrogens is 1. The SMILES string of the molecule is Cc1cc(F)cc([C@@H](C)OC(=O)Nc2c(C)nsc2I)c1. The molecule has 7 heteroatoms. The molecule has 0 spiro atoms. The van der Waals surface area contributed by atoms with Crippen molar-refractivity contribution in [2.75, 3.05) is 5.32 Å². The van der Waals surface area contributed by atoms with Crippen LogP contribution in [0.15, 0.2) is 18.2 Å². The van der Waals surface area contributed by atoms with E-state index in [1.165, 1.54) is 23.7 Å². The first-order valence-corrected chi connectivity index (χ1v) is 8.08. The van der Waals surface area contributed by atoms with Gasteiger partial charge in [-0.1, -0.05) is 6.07 Å². The fourth-order valence-electron chi connectivity index (χ4n) is 1.84. The second-order valence-electron chi connectivity index (χ2n) is 4.65. The number of rotatable bonds is 3. The van der Waals surface area contributed by atoms with Gasteiger partial charge in [0.05, 0.1) is 11.4 Å². The number of anilines is 1. The van der Waals surface area contributed by atoms with Crippen LogP contribution in [-0.4, -0.2) is 10.5 Å². The zero-order valence-corrected chi connectivity index (χ0v) is 14.7. The Morgan fingerprint density at radius 1 is 1.43 bits per heavy atom. The van der Waals surface area contributed by atoms with Gasteiger partial charge in [0, 0.05) is 0 Å². The molecule has 0 aliphatic carbocycles. The quantitative estimate of drug-likeness (QED) is 0.725. The van der Waals surface area contributed by atoms with E-state index < -0.39 is 12.2 Å². The summed E-state index contributed by atoms with van der Waals surface area (Å²) in [5.41, 5.74) is 2.81. The average molecular weight is 420 g/mol. The number of halogens is 2. The van der Waals surface area contributed by atoms with Crippen LogP contribution < -0.4 is 5.32 Å². The van der Waals surface area contributed by atoms with Gasteiger partial charge in [0.25, 0.3) is 0 Å². The molecule has 0 aliphatic rings. The largest absolute Gasteiger partial charge is 0.441 e. The van der Waals surface area contributed by atoms with Crippen molar-refractivity contribution in [1.82, 2.24) is 4.37 Å². The number of nitrogens with zero attached hydrogens (tertiary/aromatic N) is 1. The van der Waals surface area contributed by atoms with Gasteiger partial charge in [-0.3, -0.25) is 5.32 Å². The summed E-state index contributed by atoms with van der Waals surface area (Å²) in [5.74, 6) is -0.340. The lowest BCUT2D eigenvalue weighted by molar-refractivity contribution is 0.121. The zero-order chi connectivity index (χ0) is 15.6. The molecule has 0 saturated carbocycles. The Hall–Kier alpha value is -1.22. The van der Waals surface area contributed by atoms with Gasteiger partial charge < -0.3 is 4.74 Å². The molecule has 21 heavy (non-hydrogen) atoms. The highest BCUT2D eigenvalue weighted by Gasteiger charge is 2.16. The smallest absolute Gasteiger partial charge is 0.412 e. The van der Waals surface area contributed by atoms with Gasteiger partial charge in [-0.2, -0.15) is 4.37 Å². The van der Waals surface area contributed by atoms with Crippen LogP contribution in [0.2, 0.25) is 0 Å². The number of aryl methyl sites for hydroxylation is 2. The molecule has 1 aromatic heterocycles. The third kappa shape index (κ3) is 4.13. The standard InChI is InChI=1S/C14H14FIN2O2S/c1-7-4-10(6-11(15)5-7)9(3)20-14(19)17-12-8(2)18-21-13(12)16/h4-6,9H,1-3H3,(H,17,19)/t9-/m1/s1. The van der Waals surface area contributed by atoms with Crippen molar-refractivity contribution in [3.8, 4) is 0 Å². The van der Waals surface area contributed by atoms with E-state index in [4.69, 9.17) is 4.74 Å². The normalized spacial score (nSPS) is 12.0. The van der Waals surface area contributed by atoms with Crippen LogP contribution in [0.25, 0.3) is 0 Å². The molecule has 1 heterocycles. The molecule has 0 bridgehead atoms. The molecule has 0 aliphatic heterocycles. The van der Waals surface area contributed by atoms with E-state index >= 15 is 0 Å². The number of benzene rings is 1. The summed E-state index contributed by atoms with van der Waals surface area (Å²) < 4.78 is 23.7. The summed E-state index contributed by atoms with van der Waals surface area (Å²) in [6, 6.07) is 4.59. The molecule has 1 N–H and O–H groups in total. The predicted molar refractivity (Wildman–Crippen MR) is 89.2 cm³/mol. The van der Waals surface area contributed by atoms with Crippen LogP contribution >= 0.6 is 34.1 Å². The minimum atomic E-state index is -0.578. The molecule has 0 unspecified atom stereocenters. The lowest BCUT2D eigenvalue weighted by atomic mass is 10.1. The monoisotopic (exact) mass is 420 g/mol. The first kappa shape index (κ1) is 16.2. The highest BCUT2D eigenvalue weighted by atomic mass is 127. The van der Waals surface area contributed by atoms with E-state index in [2.05, 4.69) is 32.3 Å². The van der Waals surface area contributed by atoms with Crippen molar-refractivity contribution in [3.05, 3.63) is 43.7 Å². The molecule has 112 valence electrons. The Morgan fingerprint density at radius 2 is 2.14 bits per heavy atom. The number of ether oxygens (including phenoxy) is 1. The van der Waals surface area contributed by atoms with Crippen molar-refractivity contribution >= 4 is 45.9 Å². The first-order valence-electron chi connectivity index (χ1n) is 6.23. The van der Waals surface area contributed by atoms with Gasteiger partial charge in [-0.25, -0.2) is 9.18 Å². The number of nitrogens with one attached hydrogen (secondary N) is 1. The molecule has 0 radical (unpaired) electrons. The Labute approximate surface area is 140 Å². The van der Waals surface area contributed by atoms with E-state index in [9.17, 15) is 9.18 Å². The molecular formula is C14H14FIN2O2S. The summed E-state index contributed by atoms with van der Waals surface area (Å²) in [6.45, 7) is 5.31. The van der Waals surface area contributed by atoms with Gasteiger partial charge in [0.15, 0.2) is 0 Å². The van der Waals surface area contributed by atoms with E-state index in [0.29, 0.717) is 11.3 Å². The molecule has 2 aromatic rings. The van der Waals surface area contributed by atoms with Crippen LogP contribution in [0.5, 0.6) is 0 Å². The number of amides is 1. The molecule has 0 saturated heterocycles. The topological polar surface area (TPSA) is 51.2 Å². The summed E-state index contributed by atoms with van der Waals surface area (Å²) in [5, 5.41) is 2.67. The zero-order valence-electron chi connectivity index (χ0n) is 11.7. The number of hydrogen-bond acceptors (Lipinski definition) is 4. The van der Waals surface area contributed by atoms with E-state index in [0.717, 1.165) is 14.1 Å². The Balaban J connectivity index is 2.05. The first-order chi connectivity index (χ1) is 9.86. The summed E-state index contributed by atoms with van der Waals surface area (Å²) >= 11 is 3.41. The number of carbonyl (C=O) groups excluding carboxylic acids is 1. The van der Waals surface area contributed by atoms with Gasteiger partial charge in [0.1, 0.15) is 14.8 Å². The maximum Gasteiger partial charge on any atom is 0.412 e. The van der Waals surface area contributed by atoms with Gasteiger partial charge in [-0.05, 0) is 78.2 Å². The number of hydrogen-bond donors (Lipinski definition) is 1. The maximum atomic E-state index is 13.4. The summed E-state index contributed by atoms with van der Waals surface area (Å²) in [7, 11) is 0. The minimum Gasteiger partial charge on any atom is -0.441 e. The van der Waals surface area contributed by atoms with Gasteiger partial charge >= 0.3 is 6.09 Å². The minimum absolute atomic E-state index is 0.340. The second-order valence-corrected chi connectivity index (χ2v) is 7.24. The Bertz CT molecular complexity index is 635. The highest BCUT2D eigenvalue weighted by Crippen LogP contribution is 2.27. The molecular weight excluding hydrogens is 406 g/mol. The lowest BCUT2D eigenvalue weighted by Gasteiger charge is -2.15. The molecule has 2 rings (SSSR count). The molecule has 4 nitrogen and oxygen atoms in total.